The van der Waals surface area contributed by atoms with E-state index in [1.807, 2.05) is 25.1 Å². The van der Waals surface area contributed by atoms with Gasteiger partial charge in [-0.3, -0.25) is 9.20 Å². The third kappa shape index (κ3) is 3.93. The number of thioether (sulfide) groups is 1. The summed E-state index contributed by atoms with van der Waals surface area (Å²) < 4.78 is 2.50. The standard InChI is InChI=1S/C16H19N5OS2/c1-3-4-8-17-15-19-20-16(24-15)23-10-12-9-14(22)21-11(2)6-5-7-13(21)18-12/h5-7,9H,3-4,8,10H2,1-2H3,(H,17,19). The number of aryl methyl sites for hydroxylation is 1. The van der Waals surface area contributed by atoms with E-state index in [0.717, 1.165) is 40.2 Å². The van der Waals surface area contributed by atoms with Crippen LogP contribution in [-0.4, -0.2) is 26.1 Å². The van der Waals surface area contributed by atoms with Gasteiger partial charge in [-0.15, -0.1) is 10.2 Å². The van der Waals surface area contributed by atoms with Crippen LogP contribution in [0, 0.1) is 6.92 Å². The van der Waals surface area contributed by atoms with Gasteiger partial charge in [0.1, 0.15) is 5.65 Å². The first-order valence-electron chi connectivity index (χ1n) is 7.86. The number of anilines is 1. The van der Waals surface area contributed by atoms with Gasteiger partial charge < -0.3 is 5.32 Å². The Balaban J connectivity index is 1.69. The van der Waals surface area contributed by atoms with E-state index in [2.05, 4.69) is 27.4 Å². The highest BCUT2D eigenvalue weighted by Gasteiger charge is 2.08. The zero-order chi connectivity index (χ0) is 16.9. The number of rotatable bonds is 7. The van der Waals surface area contributed by atoms with Crippen LogP contribution in [0.3, 0.4) is 0 Å². The third-order valence-corrected chi connectivity index (χ3v) is 5.54. The molecule has 126 valence electrons. The molecule has 6 nitrogen and oxygen atoms in total. The van der Waals surface area contributed by atoms with Gasteiger partial charge in [-0.25, -0.2) is 4.98 Å². The summed E-state index contributed by atoms with van der Waals surface area (Å²) in [6, 6.07) is 7.25. The molecule has 0 saturated heterocycles. The number of pyridine rings is 1. The fraction of sp³-hybridized carbons (Fsp3) is 0.375. The van der Waals surface area contributed by atoms with Crippen molar-refractivity contribution in [3.05, 3.63) is 46.0 Å². The van der Waals surface area contributed by atoms with Crippen molar-refractivity contribution >= 4 is 33.9 Å². The second-order valence-corrected chi connectivity index (χ2v) is 7.59. The van der Waals surface area contributed by atoms with Crippen LogP contribution < -0.4 is 10.9 Å². The molecule has 3 heterocycles. The molecular formula is C16H19N5OS2. The van der Waals surface area contributed by atoms with Crippen LogP contribution in [0.1, 0.15) is 31.2 Å². The molecular weight excluding hydrogens is 342 g/mol. The number of hydrogen-bond acceptors (Lipinski definition) is 7. The SMILES string of the molecule is CCCCNc1nnc(SCc2cc(=O)n3c(C)cccc3n2)s1. The zero-order valence-corrected chi connectivity index (χ0v) is 15.3. The molecule has 3 aromatic rings. The molecule has 24 heavy (non-hydrogen) atoms. The number of nitrogens with zero attached hydrogens (tertiary/aromatic N) is 4. The van der Waals surface area contributed by atoms with Crippen LogP contribution >= 0.6 is 23.1 Å². The van der Waals surface area contributed by atoms with Crippen molar-refractivity contribution < 1.29 is 0 Å². The quantitative estimate of drug-likeness (QED) is 0.514. The predicted molar refractivity (Wildman–Crippen MR) is 99.1 cm³/mol. The molecule has 0 unspecified atom stereocenters. The maximum atomic E-state index is 12.3. The summed E-state index contributed by atoms with van der Waals surface area (Å²) in [5.74, 6) is 0.600. The maximum absolute atomic E-state index is 12.3. The van der Waals surface area contributed by atoms with Crippen molar-refractivity contribution in [1.29, 1.82) is 0 Å². The molecule has 0 aliphatic heterocycles. The van der Waals surface area contributed by atoms with Crippen molar-refractivity contribution in [3.8, 4) is 0 Å². The van der Waals surface area contributed by atoms with Crippen molar-refractivity contribution in [1.82, 2.24) is 19.6 Å². The number of unbranched alkanes of at least 4 members (excludes halogenated alkanes) is 1. The summed E-state index contributed by atoms with van der Waals surface area (Å²) in [7, 11) is 0. The molecule has 0 aromatic carbocycles. The molecule has 1 N–H and O–H groups in total. The van der Waals surface area contributed by atoms with E-state index in [0.29, 0.717) is 11.4 Å². The van der Waals surface area contributed by atoms with E-state index in [4.69, 9.17) is 0 Å². The van der Waals surface area contributed by atoms with Crippen LogP contribution in [-0.2, 0) is 5.75 Å². The lowest BCUT2D eigenvalue weighted by Gasteiger charge is -2.05. The van der Waals surface area contributed by atoms with E-state index in [9.17, 15) is 4.79 Å². The molecule has 0 amide bonds. The first-order valence-corrected chi connectivity index (χ1v) is 9.66. The second-order valence-electron chi connectivity index (χ2n) is 5.39. The predicted octanol–water partition coefficient (Wildman–Crippen LogP) is 3.36. The lowest BCUT2D eigenvalue weighted by Crippen LogP contribution is -2.17. The smallest absolute Gasteiger partial charge is 0.258 e. The first-order chi connectivity index (χ1) is 11.7. The first kappa shape index (κ1) is 16.9. The minimum atomic E-state index is -0.0483. The van der Waals surface area contributed by atoms with E-state index in [1.165, 1.54) is 11.3 Å². The second kappa shape index (κ2) is 7.76. The Kier molecular flexibility index (Phi) is 5.47. The molecule has 0 saturated carbocycles. The number of fused-ring (bicyclic) bond motifs is 1. The van der Waals surface area contributed by atoms with Crippen LogP contribution in [0.2, 0.25) is 0 Å². The van der Waals surface area contributed by atoms with Gasteiger partial charge >= 0.3 is 0 Å². The monoisotopic (exact) mass is 361 g/mol. The van der Waals surface area contributed by atoms with Crippen LogP contribution in [0.5, 0.6) is 0 Å². The topological polar surface area (TPSA) is 72.2 Å². The lowest BCUT2D eigenvalue weighted by atomic mass is 10.3. The number of aromatic nitrogens is 4. The number of nitrogens with one attached hydrogen (secondary N) is 1. The average molecular weight is 361 g/mol. The number of hydrogen-bond donors (Lipinski definition) is 1. The Hall–Kier alpha value is -1.93. The summed E-state index contributed by atoms with van der Waals surface area (Å²) in [6.07, 6.45) is 2.27. The summed E-state index contributed by atoms with van der Waals surface area (Å²) >= 11 is 3.08. The van der Waals surface area contributed by atoms with E-state index >= 15 is 0 Å². The van der Waals surface area contributed by atoms with Gasteiger partial charge in [-0.2, -0.15) is 0 Å². The average Bonchev–Trinajstić information content (AvgIpc) is 3.01. The van der Waals surface area contributed by atoms with Gasteiger partial charge in [-0.1, -0.05) is 42.5 Å². The van der Waals surface area contributed by atoms with Crippen LogP contribution in [0.25, 0.3) is 5.65 Å². The van der Waals surface area contributed by atoms with Gasteiger partial charge in [0.2, 0.25) is 5.13 Å². The normalized spacial score (nSPS) is 11.1. The molecule has 0 atom stereocenters. The van der Waals surface area contributed by atoms with Crippen molar-refractivity contribution in [2.75, 3.05) is 11.9 Å². The molecule has 8 heteroatoms. The Morgan fingerprint density at radius 1 is 1.33 bits per heavy atom. The third-order valence-electron chi connectivity index (χ3n) is 3.49. The highest BCUT2D eigenvalue weighted by atomic mass is 32.2. The van der Waals surface area contributed by atoms with Gasteiger partial charge in [0, 0.05) is 24.1 Å². The molecule has 0 radical (unpaired) electrons. The minimum absolute atomic E-state index is 0.0483. The molecule has 3 aromatic heterocycles. The van der Waals surface area contributed by atoms with Gasteiger partial charge in [0.25, 0.3) is 5.56 Å². The summed E-state index contributed by atoms with van der Waals surface area (Å²) in [6.45, 7) is 4.97. The fourth-order valence-electron chi connectivity index (χ4n) is 2.28. The zero-order valence-electron chi connectivity index (χ0n) is 13.7. The van der Waals surface area contributed by atoms with Gasteiger partial charge in [0.05, 0.1) is 5.69 Å². The fourth-order valence-corrected chi connectivity index (χ4v) is 3.95. The van der Waals surface area contributed by atoms with E-state index in [-0.39, 0.29) is 5.56 Å². The molecule has 0 bridgehead atoms. The molecule has 0 aliphatic rings. The van der Waals surface area contributed by atoms with Crippen LogP contribution in [0.15, 0.2) is 33.4 Å². The minimum Gasteiger partial charge on any atom is -0.360 e. The van der Waals surface area contributed by atoms with Crippen molar-refractivity contribution in [2.24, 2.45) is 0 Å². The van der Waals surface area contributed by atoms with Crippen molar-refractivity contribution in [2.45, 2.75) is 36.8 Å². The highest BCUT2D eigenvalue weighted by molar-refractivity contribution is 8.00. The maximum Gasteiger partial charge on any atom is 0.258 e. The van der Waals surface area contributed by atoms with E-state index < -0.39 is 0 Å². The Morgan fingerprint density at radius 2 is 2.21 bits per heavy atom. The molecule has 0 aliphatic carbocycles. The largest absolute Gasteiger partial charge is 0.360 e. The summed E-state index contributed by atoms with van der Waals surface area (Å²) in [5.41, 5.74) is 2.27. The molecule has 0 spiro atoms. The summed E-state index contributed by atoms with van der Waals surface area (Å²) in [5, 5.41) is 12.4. The van der Waals surface area contributed by atoms with Crippen LogP contribution in [0.4, 0.5) is 5.13 Å². The molecule has 0 fully saturated rings. The van der Waals surface area contributed by atoms with Crippen molar-refractivity contribution in [3.63, 3.8) is 0 Å². The Bertz CT molecular complexity index is 890. The summed E-state index contributed by atoms with van der Waals surface area (Å²) in [4.78, 5) is 16.8. The Morgan fingerprint density at radius 3 is 3.04 bits per heavy atom. The van der Waals surface area contributed by atoms with Gasteiger partial charge in [0.15, 0.2) is 4.34 Å². The Labute approximate surface area is 148 Å². The lowest BCUT2D eigenvalue weighted by molar-refractivity contribution is 0.830. The highest BCUT2D eigenvalue weighted by Crippen LogP contribution is 2.27. The van der Waals surface area contributed by atoms with E-state index in [1.54, 1.807) is 22.2 Å². The van der Waals surface area contributed by atoms with Gasteiger partial charge in [-0.05, 0) is 25.5 Å². The molecule has 3 rings (SSSR count).